The number of hydrogen-bond donors (Lipinski definition) is 1. The molecule has 6 heteroatoms. The fraction of sp³-hybridized carbons (Fsp3) is 0.231. The number of carboxylic acid groups (broad SMARTS) is 1. The van der Waals surface area contributed by atoms with Gasteiger partial charge in [-0.3, -0.25) is 4.90 Å². The highest BCUT2D eigenvalue weighted by Gasteiger charge is 2.25. The second kappa shape index (κ2) is 5.79. The summed E-state index contributed by atoms with van der Waals surface area (Å²) in [7, 11) is 0. The molecule has 0 spiro atoms. The lowest BCUT2D eigenvalue weighted by molar-refractivity contribution is 0.0696. The van der Waals surface area contributed by atoms with Gasteiger partial charge in [0.05, 0.1) is 11.3 Å². The van der Waals surface area contributed by atoms with Crippen molar-refractivity contribution in [1.82, 2.24) is 0 Å². The number of rotatable bonds is 3. The summed E-state index contributed by atoms with van der Waals surface area (Å²) in [5.41, 5.74) is 0.744. The van der Waals surface area contributed by atoms with E-state index >= 15 is 0 Å². The Morgan fingerprint density at radius 2 is 2.32 bits per heavy atom. The first-order valence-electron chi connectivity index (χ1n) is 5.69. The van der Waals surface area contributed by atoms with Crippen molar-refractivity contribution in [1.29, 1.82) is 0 Å². The summed E-state index contributed by atoms with van der Waals surface area (Å²) >= 11 is 1.59. The van der Waals surface area contributed by atoms with E-state index in [-0.39, 0.29) is 12.2 Å². The van der Waals surface area contributed by atoms with E-state index in [0.29, 0.717) is 12.2 Å². The van der Waals surface area contributed by atoms with Crippen LogP contribution in [-0.2, 0) is 4.74 Å². The molecule has 0 saturated heterocycles. The minimum atomic E-state index is -1.02. The van der Waals surface area contributed by atoms with Gasteiger partial charge in [0.2, 0.25) is 0 Å². The molecule has 1 aliphatic rings. The van der Waals surface area contributed by atoms with E-state index in [2.05, 4.69) is 6.58 Å². The molecule has 0 aromatic heterocycles. The van der Waals surface area contributed by atoms with Gasteiger partial charge < -0.3 is 9.84 Å². The molecule has 1 aliphatic heterocycles. The summed E-state index contributed by atoms with van der Waals surface area (Å²) in [5.74, 6) is -0.263. The number of carboxylic acids is 1. The van der Waals surface area contributed by atoms with Gasteiger partial charge in [0.25, 0.3) is 0 Å². The zero-order chi connectivity index (χ0) is 13.8. The normalized spacial score (nSPS) is 13.6. The zero-order valence-corrected chi connectivity index (χ0v) is 11.0. The quantitative estimate of drug-likeness (QED) is 0.861. The van der Waals surface area contributed by atoms with Crippen molar-refractivity contribution in [3.05, 3.63) is 36.4 Å². The van der Waals surface area contributed by atoms with Crippen molar-refractivity contribution >= 4 is 29.5 Å². The number of thioether (sulfide) groups is 1. The third-order valence-corrected chi connectivity index (χ3v) is 3.66. The number of hydrogen-bond acceptors (Lipinski definition) is 4. The molecule has 2 rings (SSSR count). The standard InChI is InChI=1S/C13H13NO4S/c1-2-6-18-13(17)14-5-7-19-11-4-3-9(12(15)16)8-10(11)14/h2-4,8H,1,5-7H2,(H,15,16). The maximum atomic E-state index is 11.9. The van der Waals surface area contributed by atoms with E-state index in [4.69, 9.17) is 9.84 Å². The van der Waals surface area contributed by atoms with Crippen molar-refractivity contribution in [3.63, 3.8) is 0 Å². The van der Waals surface area contributed by atoms with Crippen LogP contribution in [0.3, 0.4) is 0 Å². The maximum absolute atomic E-state index is 11.9. The Morgan fingerprint density at radius 1 is 1.53 bits per heavy atom. The number of anilines is 1. The van der Waals surface area contributed by atoms with E-state index in [1.165, 1.54) is 23.1 Å². The molecule has 0 saturated carbocycles. The SMILES string of the molecule is C=CCOC(=O)N1CCSc2ccc(C(=O)O)cc21. The molecule has 1 N–H and O–H groups in total. The average molecular weight is 279 g/mol. The number of fused-ring (bicyclic) bond motifs is 1. The van der Waals surface area contributed by atoms with Crippen molar-refractivity contribution in [2.75, 3.05) is 23.8 Å². The topological polar surface area (TPSA) is 66.8 Å². The molecule has 1 aromatic rings. The van der Waals surface area contributed by atoms with E-state index in [9.17, 15) is 9.59 Å². The lowest BCUT2D eigenvalue weighted by atomic mass is 10.2. The summed E-state index contributed by atoms with van der Waals surface area (Å²) in [6, 6.07) is 4.75. The number of ether oxygens (including phenoxy) is 1. The predicted molar refractivity (Wildman–Crippen MR) is 73.0 cm³/mol. The van der Waals surface area contributed by atoms with Crippen LogP contribution in [0.25, 0.3) is 0 Å². The first-order chi connectivity index (χ1) is 9.13. The second-order valence-corrected chi connectivity index (χ2v) is 4.99. The molecule has 0 radical (unpaired) electrons. The Labute approximate surface area is 114 Å². The first kappa shape index (κ1) is 13.5. The highest BCUT2D eigenvalue weighted by Crippen LogP contribution is 2.35. The minimum Gasteiger partial charge on any atom is -0.478 e. The second-order valence-electron chi connectivity index (χ2n) is 3.85. The van der Waals surface area contributed by atoms with Crippen LogP contribution in [0.2, 0.25) is 0 Å². The summed E-state index contributed by atoms with van der Waals surface area (Å²) in [5, 5.41) is 9.00. The Balaban J connectivity index is 2.31. The molecule has 0 unspecified atom stereocenters. The van der Waals surface area contributed by atoms with E-state index in [1.54, 1.807) is 17.8 Å². The Kier molecular flexibility index (Phi) is 4.11. The molecule has 5 nitrogen and oxygen atoms in total. The van der Waals surface area contributed by atoms with Crippen LogP contribution in [-0.4, -0.2) is 36.1 Å². The van der Waals surface area contributed by atoms with Crippen molar-refractivity contribution in [2.45, 2.75) is 4.90 Å². The smallest absolute Gasteiger partial charge is 0.414 e. The van der Waals surface area contributed by atoms with Crippen LogP contribution in [0, 0.1) is 0 Å². The summed E-state index contributed by atoms with van der Waals surface area (Å²) in [6.45, 7) is 4.11. The molecule has 19 heavy (non-hydrogen) atoms. The zero-order valence-electron chi connectivity index (χ0n) is 10.2. The first-order valence-corrected chi connectivity index (χ1v) is 6.67. The molecule has 1 heterocycles. The number of carbonyl (C=O) groups excluding carboxylic acids is 1. The number of benzene rings is 1. The van der Waals surface area contributed by atoms with E-state index in [1.807, 2.05) is 0 Å². The van der Waals surface area contributed by atoms with E-state index < -0.39 is 12.1 Å². The van der Waals surface area contributed by atoms with Crippen molar-refractivity contribution in [2.24, 2.45) is 0 Å². The number of aromatic carboxylic acids is 1. The van der Waals surface area contributed by atoms with Crippen LogP contribution in [0.1, 0.15) is 10.4 Å². The lowest BCUT2D eigenvalue weighted by Gasteiger charge is -2.28. The predicted octanol–water partition coefficient (Wildman–Crippen LogP) is 2.62. The Morgan fingerprint density at radius 3 is 3.00 bits per heavy atom. The van der Waals surface area contributed by atoms with Gasteiger partial charge >= 0.3 is 12.1 Å². The van der Waals surface area contributed by atoms with Crippen molar-refractivity contribution in [3.8, 4) is 0 Å². The van der Waals surface area contributed by atoms with Crippen molar-refractivity contribution < 1.29 is 19.4 Å². The molecule has 100 valence electrons. The molecular formula is C13H13NO4S. The van der Waals surface area contributed by atoms with Gasteiger partial charge in [0.1, 0.15) is 6.61 Å². The summed E-state index contributed by atoms with van der Waals surface area (Å²) < 4.78 is 5.00. The van der Waals surface area contributed by atoms with Gasteiger partial charge in [-0.05, 0) is 18.2 Å². The van der Waals surface area contributed by atoms with Crippen LogP contribution < -0.4 is 4.90 Å². The number of carbonyl (C=O) groups is 2. The Bertz CT molecular complexity index is 529. The van der Waals surface area contributed by atoms with Crippen LogP contribution in [0.15, 0.2) is 35.7 Å². The van der Waals surface area contributed by atoms with Gasteiger partial charge in [0.15, 0.2) is 0 Å². The fourth-order valence-electron chi connectivity index (χ4n) is 1.75. The average Bonchev–Trinajstić information content (AvgIpc) is 2.43. The van der Waals surface area contributed by atoms with Gasteiger partial charge in [-0.25, -0.2) is 9.59 Å². The van der Waals surface area contributed by atoms with Gasteiger partial charge in [-0.2, -0.15) is 0 Å². The minimum absolute atomic E-state index is 0.135. The summed E-state index contributed by atoms with van der Waals surface area (Å²) in [6.07, 6.45) is 1.01. The molecule has 0 fully saturated rings. The van der Waals surface area contributed by atoms with Gasteiger partial charge in [0, 0.05) is 17.2 Å². The number of nitrogens with zero attached hydrogens (tertiary/aromatic N) is 1. The highest BCUT2D eigenvalue weighted by molar-refractivity contribution is 7.99. The van der Waals surface area contributed by atoms with E-state index in [0.717, 1.165) is 10.6 Å². The molecule has 0 atom stereocenters. The third-order valence-electron chi connectivity index (χ3n) is 2.61. The molecule has 1 aromatic carbocycles. The van der Waals surface area contributed by atoms with Gasteiger partial charge in [-0.1, -0.05) is 12.7 Å². The third kappa shape index (κ3) is 2.90. The monoisotopic (exact) mass is 279 g/mol. The maximum Gasteiger partial charge on any atom is 0.414 e. The van der Waals surface area contributed by atoms with Crippen LogP contribution in [0.5, 0.6) is 0 Å². The number of amides is 1. The Hall–Kier alpha value is -1.95. The molecule has 0 aliphatic carbocycles. The largest absolute Gasteiger partial charge is 0.478 e. The molecular weight excluding hydrogens is 266 g/mol. The van der Waals surface area contributed by atoms with Crippen LogP contribution >= 0.6 is 11.8 Å². The molecule has 0 bridgehead atoms. The highest BCUT2D eigenvalue weighted by atomic mass is 32.2. The van der Waals surface area contributed by atoms with Crippen LogP contribution in [0.4, 0.5) is 10.5 Å². The summed E-state index contributed by atoms with van der Waals surface area (Å²) in [4.78, 5) is 25.2. The lowest BCUT2D eigenvalue weighted by Crippen LogP contribution is -2.36. The van der Waals surface area contributed by atoms with Gasteiger partial charge in [-0.15, -0.1) is 11.8 Å². The molecule has 1 amide bonds. The fourth-order valence-corrected chi connectivity index (χ4v) is 2.72.